The minimum absolute atomic E-state index is 0.0283. The van der Waals surface area contributed by atoms with E-state index in [4.69, 9.17) is 5.11 Å². The predicted molar refractivity (Wildman–Crippen MR) is 55.6 cm³/mol. The van der Waals surface area contributed by atoms with Gasteiger partial charge in [-0.2, -0.15) is 0 Å². The molecule has 0 saturated carbocycles. The third-order valence-corrected chi connectivity index (χ3v) is 2.91. The van der Waals surface area contributed by atoms with Crippen molar-refractivity contribution < 1.29 is 14.7 Å². The first-order valence-electron chi connectivity index (χ1n) is 4.64. The summed E-state index contributed by atoms with van der Waals surface area (Å²) < 4.78 is 0. The molecule has 0 aromatic rings. The largest absolute Gasteiger partial charge is 0.481 e. The van der Waals surface area contributed by atoms with Gasteiger partial charge in [0.2, 0.25) is 5.12 Å². The van der Waals surface area contributed by atoms with Gasteiger partial charge in [0.15, 0.2) is 0 Å². The normalized spacial score (nSPS) is 20.3. The average Bonchev–Trinajstić information content (AvgIpc) is 2.50. The highest BCUT2D eigenvalue weighted by atomic mass is 32.2. The Balaban J connectivity index is 1.97. The van der Waals surface area contributed by atoms with Crippen molar-refractivity contribution in [1.29, 1.82) is 0 Å². The van der Waals surface area contributed by atoms with Crippen molar-refractivity contribution in [3.8, 4) is 0 Å². The van der Waals surface area contributed by atoms with Crippen LogP contribution in [0.25, 0.3) is 0 Å². The number of aliphatic imine (C=N–C) groups is 1. The fraction of sp³-hybridized carbons (Fsp3) is 0.667. The quantitative estimate of drug-likeness (QED) is 0.685. The van der Waals surface area contributed by atoms with Gasteiger partial charge in [-0.25, -0.2) is 0 Å². The molecule has 1 unspecified atom stereocenters. The number of thioether (sulfide) groups is 1. The second-order valence-corrected chi connectivity index (χ2v) is 4.35. The average molecular weight is 215 g/mol. The van der Waals surface area contributed by atoms with Gasteiger partial charge in [0, 0.05) is 6.42 Å². The molecule has 0 saturated heterocycles. The van der Waals surface area contributed by atoms with E-state index in [1.807, 2.05) is 0 Å². The molecule has 0 amide bonds. The van der Waals surface area contributed by atoms with Crippen LogP contribution in [0.1, 0.15) is 32.1 Å². The van der Waals surface area contributed by atoms with Crippen LogP contribution in [0.4, 0.5) is 0 Å². The van der Waals surface area contributed by atoms with Crippen LogP contribution < -0.4 is 0 Å². The van der Waals surface area contributed by atoms with Crippen LogP contribution in [0.15, 0.2) is 4.99 Å². The molecular formula is C9H13NO3S. The first-order chi connectivity index (χ1) is 6.68. The highest BCUT2D eigenvalue weighted by Gasteiger charge is 2.17. The van der Waals surface area contributed by atoms with Gasteiger partial charge in [0.1, 0.15) is 5.37 Å². The van der Waals surface area contributed by atoms with E-state index in [1.165, 1.54) is 18.0 Å². The van der Waals surface area contributed by atoms with Gasteiger partial charge in [-0.05, 0) is 12.8 Å². The molecule has 0 spiro atoms. The maximum Gasteiger partial charge on any atom is 0.303 e. The molecule has 0 aromatic heterocycles. The summed E-state index contributed by atoms with van der Waals surface area (Å²) in [5.41, 5.74) is 0. The monoisotopic (exact) mass is 215 g/mol. The highest BCUT2D eigenvalue weighted by molar-refractivity contribution is 8.16. The van der Waals surface area contributed by atoms with Crippen LogP contribution in [0.5, 0.6) is 0 Å². The molecule has 0 radical (unpaired) electrons. The van der Waals surface area contributed by atoms with Gasteiger partial charge in [-0.15, -0.1) is 0 Å². The van der Waals surface area contributed by atoms with E-state index in [-0.39, 0.29) is 16.9 Å². The predicted octanol–water partition coefficient (Wildman–Crippen LogP) is 1.69. The van der Waals surface area contributed by atoms with Crippen LogP contribution in [0, 0.1) is 0 Å². The first kappa shape index (κ1) is 11.2. The Morgan fingerprint density at radius 2 is 2.29 bits per heavy atom. The molecule has 0 aromatic carbocycles. The Kier molecular flexibility index (Phi) is 4.65. The minimum Gasteiger partial charge on any atom is -0.481 e. The number of nitrogens with zero attached hydrogens (tertiary/aromatic N) is 1. The SMILES string of the molecule is O=C(O)CCCCCC1N=CC(=O)S1. The molecule has 0 fully saturated rings. The lowest BCUT2D eigenvalue weighted by Gasteiger charge is -2.03. The Morgan fingerprint density at radius 1 is 1.50 bits per heavy atom. The minimum atomic E-state index is -0.742. The Bertz CT molecular complexity index is 252. The van der Waals surface area contributed by atoms with E-state index < -0.39 is 5.97 Å². The molecule has 4 nitrogen and oxygen atoms in total. The summed E-state index contributed by atoms with van der Waals surface area (Å²) >= 11 is 1.25. The summed E-state index contributed by atoms with van der Waals surface area (Å²) in [6, 6.07) is 0. The van der Waals surface area contributed by atoms with Crippen LogP contribution in [-0.4, -0.2) is 27.8 Å². The third kappa shape index (κ3) is 4.41. The van der Waals surface area contributed by atoms with Crippen LogP contribution in [0.2, 0.25) is 0 Å². The molecular weight excluding hydrogens is 202 g/mol. The number of aliphatic carboxylic acids is 1. The van der Waals surface area contributed by atoms with Crippen LogP contribution >= 0.6 is 11.8 Å². The van der Waals surface area contributed by atoms with Crippen molar-refractivity contribution in [2.75, 3.05) is 0 Å². The lowest BCUT2D eigenvalue weighted by molar-refractivity contribution is -0.137. The van der Waals surface area contributed by atoms with Crippen LogP contribution in [0.3, 0.4) is 0 Å². The molecule has 5 heteroatoms. The van der Waals surface area contributed by atoms with E-state index in [9.17, 15) is 9.59 Å². The zero-order valence-corrected chi connectivity index (χ0v) is 8.63. The van der Waals surface area contributed by atoms with Crippen molar-refractivity contribution in [3.63, 3.8) is 0 Å². The molecule has 1 aliphatic heterocycles. The Hall–Kier alpha value is -0.840. The zero-order chi connectivity index (χ0) is 10.4. The molecule has 1 atom stereocenters. The van der Waals surface area contributed by atoms with Crippen LogP contribution in [-0.2, 0) is 9.59 Å². The third-order valence-electron chi connectivity index (χ3n) is 1.94. The number of unbranched alkanes of at least 4 members (excludes halogenated alkanes) is 2. The second kappa shape index (κ2) is 5.80. The highest BCUT2D eigenvalue weighted by Crippen LogP contribution is 2.23. The summed E-state index contributed by atoms with van der Waals surface area (Å²) in [5, 5.41) is 8.49. The standard InChI is InChI=1S/C9H13NO3S/c11-8(12)5-3-1-2-4-7-10-6-9(13)14-7/h6-7H,1-5H2,(H,11,12). The summed E-state index contributed by atoms with van der Waals surface area (Å²) in [7, 11) is 0. The van der Waals surface area contributed by atoms with Crippen molar-refractivity contribution in [3.05, 3.63) is 0 Å². The second-order valence-electron chi connectivity index (χ2n) is 3.16. The fourth-order valence-corrected chi connectivity index (χ4v) is 2.04. The van der Waals surface area contributed by atoms with E-state index in [2.05, 4.69) is 4.99 Å². The summed E-state index contributed by atoms with van der Waals surface area (Å²) in [6.07, 6.45) is 5.02. The number of carboxylic acid groups (broad SMARTS) is 1. The van der Waals surface area contributed by atoms with Gasteiger partial charge in [0.25, 0.3) is 0 Å². The molecule has 0 aliphatic carbocycles. The van der Waals surface area contributed by atoms with E-state index in [0.717, 1.165) is 19.3 Å². The van der Waals surface area contributed by atoms with Gasteiger partial charge in [-0.1, -0.05) is 24.6 Å². The first-order valence-corrected chi connectivity index (χ1v) is 5.52. The molecule has 1 heterocycles. The molecule has 1 aliphatic rings. The summed E-state index contributed by atoms with van der Waals surface area (Å²) in [6.45, 7) is 0. The molecule has 1 N–H and O–H groups in total. The van der Waals surface area contributed by atoms with E-state index >= 15 is 0 Å². The summed E-state index contributed by atoms with van der Waals surface area (Å²) in [4.78, 5) is 25.0. The molecule has 78 valence electrons. The Labute approximate surface area is 86.8 Å². The van der Waals surface area contributed by atoms with Crippen molar-refractivity contribution in [2.24, 2.45) is 4.99 Å². The van der Waals surface area contributed by atoms with Gasteiger partial charge >= 0.3 is 5.97 Å². The van der Waals surface area contributed by atoms with Gasteiger partial charge in [0.05, 0.1) is 6.21 Å². The number of rotatable bonds is 6. The molecule has 0 bridgehead atoms. The maximum atomic E-state index is 10.8. The topological polar surface area (TPSA) is 66.7 Å². The molecule has 1 rings (SSSR count). The lowest BCUT2D eigenvalue weighted by Crippen LogP contribution is -1.97. The number of hydrogen-bond acceptors (Lipinski definition) is 4. The van der Waals surface area contributed by atoms with Crippen molar-refractivity contribution in [1.82, 2.24) is 0 Å². The number of carbonyl (C=O) groups is 2. The summed E-state index contributed by atoms with van der Waals surface area (Å²) in [5.74, 6) is -0.742. The van der Waals surface area contributed by atoms with Crippen molar-refractivity contribution >= 4 is 29.1 Å². The lowest BCUT2D eigenvalue weighted by atomic mass is 10.1. The maximum absolute atomic E-state index is 10.8. The fourth-order valence-electron chi connectivity index (χ4n) is 1.24. The number of hydrogen-bond donors (Lipinski definition) is 1. The Morgan fingerprint density at radius 3 is 2.86 bits per heavy atom. The van der Waals surface area contributed by atoms with Gasteiger partial charge in [-0.3, -0.25) is 14.6 Å². The number of carbonyl (C=O) groups excluding carboxylic acids is 1. The van der Waals surface area contributed by atoms with E-state index in [0.29, 0.717) is 6.42 Å². The smallest absolute Gasteiger partial charge is 0.303 e. The number of carboxylic acids is 1. The van der Waals surface area contributed by atoms with E-state index in [1.54, 1.807) is 0 Å². The zero-order valence-electron chi connectivity index (χ0n) is 7.81. The van der Waals surface area contributed by atoms with Crippen molar-refractivity contribution in [2.45, 2.75) is 37.5 Å². The van der Waals surface area contributed by atoms with Gasteiger partial charge < -0.3 is 5.11 Å². The molecule has 14 heavy (non-hydrogen) atoms.